The van der Waals surface area contributed by atoms with Gasteiger partial charge in [0.25, 0.3) is 5.43 Å². The van der Waals surface area contributed by atoms with Crippen molar-refractivity contribution in [3.8, 4) is 22.8 Å². The molecule has 3 heterocycles. The lowest BCUT2D eigenvalue weighted by Crippen LogP contribution is -2.29. The highest BCUT2D eigenvalue weighted by molar-refractivity contribution is 5.60. The molecule has 1 aliphatic rings. The van der Waals surface area contributed by atoms with Gasteiger partial charge in [0.2, 0.25) is 0 Å². The average molecular weight is 440 g/mol. The Hall–Kier alpha value is -3.97. The number of aromatic nitrogens is 4. The van der Waals surface area contributed by atoms with Crippen molar-refractivity contribution in [2.45, 2.75) is 13.0 Å². The van der Waals surface area contributed by atoms with E-state index in [-0.39, 0.29) is 11.2 Å². The molecule has 0 spiro atoms. The Kier molecular flexibility index (Phi) is 5.87. The normalized spacial score (nSPS) is 14.2. The van der Waals surface area contributed by atoms with E-state index in [0.717, 1.165) is 37.4 Å². The van der Waals surface area contributed by atoms with Crippen molar-refractivity contribution in [1.82, 2.24) is 24.5 Å². The van der Waals surface area contributed by atoms with Crippen LogP contribution >= 0.6 is 0 Å². The van der Waals surface area contributed by atoms with E-state index in [1.165, 1.54) is 12.7 Å². The van der Waals surface area contributed by atoms with Gasteiger partial charge in [-0.1, -0.05) is 48.5 Å². The summed E-state index contributed by atoms with van der Waals surface area (Å²) in [5.41, 5.74) is 3.89. The van der Waals surface area contributed by atoms with Gasteiger partial charge in [-0.25, -0.2) is 9.36 Å². The lowest BCUT2D eigenvalue weighted by molar-refractivity contribution is 0.290. The fourth-order valence-corrected chi connectivity index (χ4v) is 4.08. The lowest BCUT2D eigenvalue weighted by Gasteiger charge is -2.27. The molecule has 0 atom stereocenters. The average Bonchev–Trinajstić information content (AvgIpc) is 3.36. The minimum atomic E-state index is -0.256. The molecule has 0 radical (unpaired) electrons. The summed E-state index contributed by atoms with van der Waals surface area (Å²) in [7, 11) is 1.51. The highest BCUT2D eigenvalue weighted by Crippen LogP contribution is 2.23. The van der Waals surface area contributed by atoms with Gasteiger partial charge in [0.15, 0.2) is 11.4 Å². The zero-order valence-corrected chi connectivity index (χ0v) is 18.5. The van der Waals surface area contributed by atoms with E-state index in [9.17, 15) is 4.79 Å². The van der Waals surface area contributed by atoms with Gasteiger partial charge in [-0.15, -0.1) is 0 Å². The van der Waals surface area contributed by atoms with Crippen LogP contribution in [0.15, 0.2) is 90.0 Å². The van der Waals surface area contributed by atoms with E-state index < -0.39 is 0 Å². The van der Waals surface area contributed by atoms with Gasteiger partial charge in [0.1, 0.15) is 0 Å². The van der Waals surface area contributed by atoms with E-state index in [0.29, 0.717) is 11.4 Å². The molecule has 0 fully saturated rings. The number of methoxy groups -OCH3 is 1. The quantitative estimate of drug-likeness (QED) is 0.457. The molecular formula is C26H25N5O2. The topological polar surface area (TPSA) is 65.2 Å². The van der Waals surface area contributed by atoms with E-state index in [1.807, 2.05) is 36.4 Å². The molecule has 0 saturated heterocycles. The van der Waals surface area contributed by atoms with Crippen molar-refractivity contribution in [2.24, 2.45) is 0 Å². The van der Waals surface area contributed by atoms with Gasteiger partial charge >= 0.3 is 0 Å². The summed E-state index contributed by atoms with van der Waals surface area (Å²) in [6.07, 6.45) is 6.34. The van der Waals surface area contributed by atoms with Gasteiger partial charge in [0.05, 0.1) is 30.9 Å². The standard InChI is InChI=1S/C26H25N5O2/c1-33-24-19-30(21-13-16-29(17-14-21)18-20-8-4-2-5-9-20)28-25(26(24)32)23-12-15-27-31(23)22-10-6-3-7-11-22/h2-13,15,19H,14,16-18H2,1H3. The first-order chi connectivity index (χ1) is 16.2. The second-order valence-corrected chi connectivity index (χ2v) is 7.95. The maximum Gasteiger partial charge on any atom is 0.251 e. The number of rotatable bonds is 6. The number of nitrogens with zero attached hydrogens (tertiary/aromatic N) is 5. The first-order valence-corrected chi connectivity index (χ1v) is 11.0. The van der Waals surface area contributed by atoms with Crippen LogP contribution < -0.4 is 10.2 Å². The molecule has 0 N–H and O–H groups in total. The van der Waals surface area contributed by atoms with Gasteiger partial charge in [-0.05, 0) is 29.8 Å². The van der Waals surface area contributed by atoms with E-state index >= 15 is 0 Å². The highest BCUT2D eigenvalue weighted by Gasteiger charge is 2.20. The van der Waals surface area contributed by atoms with Crippen molar-refractivity contribution in [1.29, 1.82) is 0 Å². The fraction of sp³-hybridized carbons (Fsp3) is 0.192. The first kappa shape index (κ1) is 20.9. The van der Waals surface area contributed by atoms with Crippen molar-refractivity contribution in [2.75, 3.05) is 20.2 Å². The highest BCUT2D eigenvalue weighted by atomic mass is 16.5. The summed E-state index contributed by atoms with van der Waals surface area (Å²) in [6.45, 7) is 2.64. The smallest absolute Gasteiger partial charge is 0.251 e. The van der Waals surface area contributed by atoms with Gasteiger partial charge in [-0.2, -0.15) is 10.2 Å². The summed E-state index contributed by atoms with van der Waals surface area (Å²) in [5.74, 6) is 0.258. The van der Waals surface area contributed by atoms with E-state index in [2.05, 4.69) is 40.3 Å². The Morgan fingerprint density at radius 3 is 2.45 bits per heavy atom. The van der Waals surface area contributed by atoms with Crippen LogP contribution in [-0.2, 0) is 6.54 Å². The van der Waals surface area contributed by atoms with Crippen LogP contribution in [0.4, 0.5) is 0 Å². The number of hydrogen-bond acceptors (Lipinski definition) is 5. The van der Waals surface area contributed by atoms with Crippen LogP contribution in [-0.4, -0.2) is 44.7 Å². The van der Waals surface area contributed by atoms with Crippen LogP contribution in [0.5, 0.6) is 5.75 Å². The summed E-state index contributed by atoms with van der Waals surface area (Å²) in [4.78, 5) is 15.5. The zero-order valence-electron chi connectivity index (χ0n) is 18.5. The number of benzene rings is 2. The second kappa shape index (κ2) is 9.26. The zero-order chi connectivity index (χ0) is 22.6. The molecule has 7 heteroatoms. The molecule has 7 nitrogen and oxygen atoms in total. The predicted molar refractivity (Wildman–Crippen MR) is 128 cm³/mol. The summed E-state index contributed by atoms with van der Waals surface area (Å²) < 4.78 is 8.92. The summed E-state index contributed by atoms with van der Waals surface area (Å²) in [5, 5.41) is 9.14. The number of para-hydroxylation sites is 1. The monoisotopic (exact) mass is 439 g/mol. The second-order valence-electron chi connectivity index (χ2n) is 7.95. The summed E-state index contributed by atoms with van der Waals surface area (Å²) in [6, 6.07) is 22.0. The Bertz CT molecular complexity index is 1330. The molecular weight excluding hydrogens is 414 g/mol. The molecule has 0 aliphatic carbocycles. The van der Waals surface area contributed by atoms with Crippen molar-refractivity contribution in [3.63, 3.8) is 0 Å². The van der Waals surface area contributed by atoms with Crippen LogP contribution in [0.1, 0.15) is 12.0 Å². The third-order valence-corrected chi connectivity index (χ3v) is 5.80. The summed E-state index contributed by atoms with van der Waals surface area (Å²) >= 11 is 0. The predicted octanol–water partition coefficient (Wildman–Crippen LogP) is 3.85. The SMILES string of the molecule is COc1cn(C2=CCN(Cc3ccccc3)CC2)nc(-c2ccnn2-c2ccccc2)c1=O. The van der Waals surface area contributed by atoms with E-state index in [4.69, 9.17) is 9.84 Å². The molecule has 1 aliphatic heterocycles. The number of hydrogen-bond donors (Lipinski definition) is 0. The molecule has 0 amide bonds. The third-order valence-electron chi connectivity index (χ3n) is 5.80. The molecule has 2 aromatic carbocycles. The van der Waals surface area contributed by atoms with E-state index in [1.54, 1.807) is 27.8 Å². The minimum Gasteiger partial charge on any atom is -0.491 e. The minimum absolute atomic E-state index is 0.256. The van der Waals surface area contributed by atoms with Crippen LogP contribution in [0.3, 0.4) is 0 Å². The Morgan fingerprint density at radius 2 is 1.76 bits per heavy atom. The first-order valence-electron chi connectivity index (χ1n) is 11.0. The Balaban J connectivity index is 1.47. The van der Waals surface area contributed by atoms with Crippen molar-refractivity contribution >= 4 is 5.70 Å². The molecule has 0 saturated carbocycles. The van der Waals surface area contributed by atoms with Crippen LogP contribution in [0, 0.1) is 0 Å². The molecule has 0 bridgehead atoms. The molecule has 166 valence electrons. The van der Waals surface area contributed by atoms with Gasteiger partial charge < -0.3 is 4.74 Å². The van der Waals surface area contributed by atoms with Gasteiger partial charge in [0, 0.05) is 31.8 Å². The fourth-order valence-electron chi connectivity index (χ4n) is 4.08. The van der Waals surface area contributed by atoms with Crippen LogP contribution in [0.2, 0.25) is 0 Å². The maximum atomic E-state index is 13.1. The van der Waals surface area contributed by atoms with Crippen molar-refractivity contribution in [3.05, 3.63) is 101 Å². The van der Waals surface area contributed by atoms with Crippen LogP contribution in [0.25, 0.3) is 22.8 Å². The Labute approximate surface area is 192 Å². The van der Waals surface area contributed by atoms with Gasteiger partial charge in [-0.3, -0.25) is 9.69 Å². The van der Waals surface area contributed by atoms with Crippen molar-refractivity contribution < 1.29 is 4.74 Å². The molecule has 33 heavy (non-hydrogen) atoms. The molecule has 2 aromatic heterocycles. The molecule has 0 unspecified atom stereocenters. The Morgan fingerprint density at radius 1 is 1.00 bits per heavy atom. The molecule has 4 aromatic rings. The lowest BCUT2D eigenvalue weighted by atomic mass is 10.1. The third kappa shape index (κ3) is 4.36. The maximum absolute atomic E-state index is 13.1. The molecule has 5 rings (SSSR count). The number of ether oxygens (including phenoxy) is 1. The largest absolute Gasteiger partial charge is 0.491 e.